The van der Waals surface area contributed by atoms with Gasteiger partial charge in [0.05, 0.1) is 11.9 Å². The third-order valence-electron chi connectivity index (χ3n) is 3.75. The lowest BCUT2D eigenvalue weighted by Crippen LogP contribution is -2.12. The molecule has 0 bridgehead atoms. The molecule has 1 aromatic heterocycles. The first-order valence-electron chi connectivity index (χ1n) is 8.13. The monoisotopic (exact) mass is 353 g/mol. The van der Waals surface area contributed by atoms with Gasteiger partial charge in [-0.3, -0.25) is 4.79 Å². The second kappa shape index (κ2) is 8.20. The first-order valence-corrected chi connectivity index (χ1v) is 8.13. The summed E-state index contributed by atoms with van der Waals surface area (Å²) in [5, 5.41) is 5.34. The average molecular weight is 353 g/mol. The van der Waals surface area contributed by atoms with E-state index in [1.165, 1.54) is 12.3 Å². The third kappa shape index (κ3) is 4.63. The van der Waals surface area contributed by atoms with Gasteiger partial charge in [0.15, 0.2) is 0 Å². The molecule has 6 heteroatoms. The molecule has 0 aliphatic heterocycles. The van der Waals surface area contributed by atoms with Gasteiger partial charge in [0.2, 0.25) is 5.91 Å². The molecule has 2 N–H and O–H groups in total. The highest BCUT2D eigenvalue weighted by Crippen LogP contribution is 2.22. The van der Waals surface area contributed by atoms with Crippen molar-refractivity contribution in [2.24, 2.45) is 0 Å². The van der Waals surface area contributed by atoms with E-state index in [-0.39, 0.29) is 17.4 Å². The van der Waals surface area contributed by atoms with Gasteiger partial charge >= 0.3 is 0 Å². The number of nitrogens with zero attached hydrogens (tertiary/aromatic N) is 1. The zero-order chi connectivity index (χ0) is 18.4. The number of hydrogen-bond acceptors (Lipinski definition) is 3. The predicted octanol–water partition coefficient (Wildman–Crippen LogP) is 4.67. The molecule has 0 spiro atoms. The van der Waals surface area contributed by atoms with Crippen molar-refractivity contribution in [2.75, 3.05) is 10.6 Å². The van der Waals surface area contributed by atoms with Crippen LogP contribution in [0.15, 0.2) is 66.9 Å². The summed E-state index contributed by atoms with van der Waals surface area (Å²) in [6.45, 7) is 0. The van der Waals surface area contributed by atoms with Gasteiger partial charge in [0, 0.05) is 6.42 Å². The molecule has 1 amide bonds. The van der Waals surface area contributed by atoms with Crippen LogP contribution in [0.1, 0.15) is 12.0 Å². The van der Waals surface area contributed by atoms with Crippen molar-refractivity contribution in [3.63, 3.8) is 0 Å². The summed E-state index contributed by atoms with van der Waals surface area (Å²) in [6, 6.07) is 16.5. The van der Waals surface area contributed by atoms with Crippen LogP contribution in [0, 0.1) is 11.6 Å². The number of pyridine rings is 1. The van der Waals surface area contributed by atoms with Crippen molar-refractivity contribution in [3.05, 3.63) is 84.1 Å². The number of anilines is 3. The van der Waals surface area contributed by atoms with Crippen molar-refractivity contribution in [3.8, 4) is 0 Å². The number of aromatic nitrogens is 1. The molecule has 0 saturated heterocycles. The SMILES string of the molecule is O=C(CCc1ccccc1)Nc1ccc(Nc2c(F)cccc2F)nc1. The Labute approximate surface area is 149 Å². The minimum absolute atomic E-state index is 0.128. The fraction of sp³-hybridized carbons (Fsp3) is 0.100. The Morgan fingerprint density at radius 1 is 0.923 bits per heavy atom. The predicted molar refractivity (Wildman–Crippen MR) is 97.3 cm³/mol. The molecule has 0 radical (unpaired) electrons. The summed E-state index contributed by atoms with van der Waals surface area (Å²) in [5.74, 6) is -1.26. The summed E-state index contributed by atoms with van der Waals surface area (Å²) in [6.07, 6.45) is 2.43. The molecule has 0 unspecified atom stereocenters. The maximum Gasteiger partial charge on any atom is 0.224 e. The Balaban J connectivity index is 1.56. The summed E-state index contributed by atoms with van der Waals surface area (Å²) in [7, 11) is 0. The van der Waals surface area contributed by atoms with Gasteiger partial charge < -0.3 is 10.6 Å². The molecule has 0 aliphatic rings. The molecule has 0 fully saturated rings. The number of benzene rings is 2. The fourth-order valence-corrected chi connectivity index (χ4v) is 2.41. The molecule has 2 aromatic carbocycles. The maximum absolute atomic E-state index is 13.6. The van der Waals surface area contributed by atoms with Gasteiger partial charge in [0.25, 0.3) is 0 Å². The van der Waals surface area contributed by atoms with E-state index >= 15 is 0 Å². The van der Waals surface area contributed by atoms with E-state index < -0.39 is 11.6 Å². The van der Waals surface area contributed by atoms with E-state index in [1.54, 1.807) is 12.1 Å². The van der Waals surface area contributed by atoms with E-state index in [1.807, 2.05) is 30.3 Å². The zero-order valence-electron chi connectivity index (χ0n) is 13.9. The summed E-state index contributed by atoms with van der Waals surface area (Å²) >= 11 is 0. The van der Waals surface area contributed by atoms with E-state index in [2.05, 4.69) is 15.6 Å². The van der Waals surface area contributed by atoms with E-state index in [0.717, 1.165) is 17.7 Å². The van der Waals surface area contributed by atoms with Crippen molar-refractivity contribution >= 4 is 23.1 Å². The third-order valence-corrected chi connectivity index (χ3v) is 3.75. The quantitative estimate of drug-likeness (QED) is 0.677. The fourth-order valence-electron chi connectivity index (χ4n) is 2.41. The molecular formula is C20H17F2N3O. The molecule has 4 nitrogen and oxygen atoms in total. The molecular weight excluding hydrogens is 336 g/mol. The highest BCUT2D eigenvalue weighted by molar-refractivity contribution is 5.90. The molecule has 0 atom stereocenters. The number of halogens is 2. The lowest BCUT2D eigenvalue weighted by Gasteiger charge is -2.09. The Kier molecular flexibility index (Phi) is 5.53. The van der Waals surface area contributed by atoms with Crippen LogP contribution in [0.4, 0.5) is 26.0 Å². The minimum Gasteiger partial charge on any atom is -0.335 e. The van der Waals surface area contributed by atoms with Gasteiger partial charge in [-0.2, -0.15) is 0 Å². The van der Waals surface area contributed by atoms with Crippen LogP contribution in [-0.4, -0.2) is 10.9 Å². The molecule has 0 aliphatic carbocycles. The zero-order valence-corrected chi connectivity index (χ0v) is 13.9. The smallest absolute Gasteiger partial charge is 0.224 e. The maximum atomic E-state index is 13.6. The van der Waals surface area contributed by atoms with Gasteiger partial charge in [-0.05, 0) is 36.2 Å². The summed E-state index contributed by atoms with van der Waals surface area (Å²) in [5.41, 5.74) is 1.34. The van der Waals surface area contributed by atoms with E-state index in [0.29, 0.717) is 18.5 Å². The van der Waals surface area contributed by atoms with Gasteiger partial charge in [-0.25, -0.2) is 13.8 Å². The number of para-hydroxylation sites is 1. The minimum atomic E-state index is -0.704. The second-order valence-corrected chi connectivity index (χ2v) is 5.69. The van der Waals surface area contributed by atoms with Gasteiger partial charge in [-0.15, -0.1) is 0 Å². The number of amides is 1. The van der Waals surface area contributed by atoms with Gasteiger partial charge in [0.1, 0.15) is 23.1 Å². The lowest BCUT2D eigenvalue weighted by atomic mass is 10.1. The van der Waals surface area contributed by atoms with Crippen LogP contribution in [0.3, 0.4) is 0 Å². The second-order valence-electron chi connectivity index (χ2n) is 5.69. The Hall–Kier alpha value is -3.28. The van der Waals surface area contributed by atoms with Crippen molar-refractivity contribution in [1.29, 1.82) is 0 Å². The Morgan fingerprint density at radius 3 is 2.31 bits per heavy atom. The Morgan fingerprint density at radius 2 is 1.65 bits per heavy atom. The standard InChI is InChI=1S/C20H17F2N3O/c21-16-7-4-8-17(22)20(16)25-18-11-10-15(13-23-18)24-19(26)12-9-14-5-2-1-3-6-14/h1-8,10-11,13H,9,12H2,(H,23,25)(H,24,26). The summed E-state index contributed by atoms with van der Waals surface area (Å²) in [4.78, 5) is 16.1. The van der Waals surface area contributed by atoms with E-state index in [4.69, 9.17) is 0 Å². The molecule has 0 saturated carbocycles. The molecule has 3 rings (SSSR count). The van der Waals surface area contributed by atoms with Crippen molar-refractivity contribution in [1.82, 2.24) is 4.98 Å². The number of rotatable bonds is 6. The normalized spacial score (nSPS) is 10.4. The molecule has 1 heterocycles. The highest BCUT2D eigenvalue weighted by atomic mass is 19.1. The largest absolute Gasteiger partial charge is 0.335 e. The number of aryl methyl sites for hydroxylation is 1. The molecule has 26 heavy (non-hydrogen) atoms. The average Bonchev–Trinajstić information content (AvgIpc) is 2.65. The first kappa shape index (κ1) is 17.5. The topological polar surface area (TPSA) is 54.0 Å². The van der Waals surface area contributed by atoms with Crippen LogP contribution >= 0.6 is 0 Å². The Bertz CT molecular complexity index is 863. The van der Waals surface area contributed by atoms with E-state index in [9.17, 15) is 13.6 Å². The number of nitrogens with one attached hydrogen (secondary N) is 2. The van der Waals surface area contributed by atoms with Gasteiger partial charge in [-0.1, -0.05) is 36.4 Å². The number of carbonyl (C=O) groups excluding carboxylic acids is 1. The van der Waals surface area contributed by atoms with Crippen LogP contribution < -0.4 is 10.6 Å². The van der Waals surface area contributed by atoms with Crippen LogP contribution in [-0.2, 0) is 11.2 Å². The molecule has 132 valence electrons. The van der Waals surface area contributed by atoms with Crippen LogP contribution in [0.25, 0.3) is 0 Å². The van der Waals surface area contributed by atoms with Crippen molar-refractivity contribution < 1.29 is 13.6 Å². The summed E-state index contributed by atoms with van der Waals surface area (Å²) < 4.78 is 27.2. The first-order chi connectivity index (χ1) is 12.6. The van der Waals surface area contributed by atoms with Crippen molar-refractivity contribution in [2.45, 2.75) is 12.8 Å². The lowest BCUT2D eigenvalue weighted by molar-refractivity contribution is -0.116. The van der Waals surface area contributed by atoms with Crippen LogP contribution in [0.2, 0.25) is 0 Å². The van der Waals surface area contributed by atoms with Crippen LogP contribution in [0.5, 0.6) is 0 Å². The number of hydrogen-bond donors (Lipinski definition) is 2. The number of carbonyl (C=O) groups is 1. The highest BCUT2D eigenvalue weighted by Gasteiger charge is 2.09. The molecule has 3 aromatic rings.